The molecule has 0 radical (unpaired) electrons. The number of anilines is 1. The zero-order valence-corrected chi connectivity index (χ0v) is 10.1. The maximum absolute atomic E-state index is 5.20. The summed E-state index contributed by atoms with van der Waals surface area (Å²) in [6, 6.07) is 4.34. The van der Waals surface area contributed by atoms with E-state index in [-0.39, 0.29) is 0 Å². The Balaban J connectivity index is 2.65. The molecule has 1 heterocycles. The van der Waals surface area contributed by atoms with Gasteiger partial charge in [0.2, 0.25) is 5.88 Å². The number of rotatable bonds is 7. The number of methoxy groups -OCH3 is 1. The summed E-state index contributed by atoms with van der Waals surface area (Å²) in [7, 11) is 1.64. The Morgan fingerprint density at radius 2 is 2.44 bits per heavy atom. The lowest BCUT2D eigenvalue weighted by molar-refractivity contribution is 0.399. The Morgan fingerprint density at radius 1 is 1.62 bits per heavy atom. The van der Waals surface area contributed by atoms with E-state index in [2.05, 4.69) is 23.8 Å². The van der Waals surface area contributed by atoms with Crippen molar-refractivity contribution in [1.29, 1.82) is 0 Å². The Morgan fingerprint density at radius 3 is 3.06 bits per heavy atom. The van der Waals surface area contributed by atoms with Gasteiger partial charge in [0, 0.05) is 12.2 Å². The van der Waals surface area contributed by atoms with Crippen molar-refractivity contribution < 1.29 is 4.74 Å². The third-order valence-corrected chi connectivity index (χ3v) is 2.54. The SMILES string of the molecule is C=CCCC(CC)Nc1cccnc1OC. The molecule has 0 saturated carbocycles. The molecule has 16 heavy (non-hydrogen) atoms. The van der Waals surface area contributed by atoms with Crippen LogP contribution in [0.15, 0.2) is 31.0 Å². The van der Waals surface area contributed by atoms with Gasteiger partial charge >= 0.3 is 0 Å². The van der Waals surface area contributed by atoms with Crippen LogP contribution in [0.25, 0.3) is 0 Å². The van der Waals surface area contributed by atoms with Crippen LogP contribution in [-0.2, 0) is 0 Å². The van der Waals surface area contributed by atoms with Gasteiger partial charge < -0.3 is 10.1 Å². The van der Waals surface area contributed by atoms with E-state index in [1.807, 2.05) is 18.2 Å². The quantitative estimate of drug-likeness (QED) is 0.716. The average molecular weight is 220 g/mol. The van der Waals surface area contributed by atoms with Gasteiger partial charge in [-0.15, -0.1) is 6.58 Å². The van der Waals surface area contributed by atoms with Crippen molar-refractivity contribution in [1.82, 2.24) is 4.98 Å². The van der Waals surface area contributed by atoms with Crippen LogP contribution in [0.3, 0.4) is 0 Å². The van der Waals surface area contributed by atoms with Crippen LogP contribution in [-0.4, -0.2) is 18.1 Å². The lowest BCUT2D eigenvalue weighted by atomic mass is 10.1. The van der Waals surface area contributed by atoms with Gasteiger partial charge in [0.1, 0.15) is 0 Å². The number of ether oxygens (including phenoxy) is 1. The molecule has 0 spiro atoms. The molecule has 1 atom stereocenters. The lowest BCUT2D eigenvalue weighted by Gasteiger charge is -2.18. The van der Waals surface area contributed by atoms with Crippen LogP contribution in [0.4, 0.5) is 5.69 Å². The summed E-state index contributed by atoms with van der Waals surface area (Å²) >= 11 is 0. The molecule has 1 aromatic rings. The minimum absolute atomic E-state index is 0.441. The Labute approximate surface area is 97.5 Å². The first-order chi connectivity index (χ1) is 7.81. The van der Waals surface area contributed by atoms with Gasteiger partial charge in [0.05, 0.1) is 12.8 Å². The first-order valence-corrected chi connectivity index (χ1v) is 5.68. The number of hydrogen-bond donors (Lipinski definition) is 1. The molecule has 0 bridgehead atoms. The van der Waals surface area contributed by atoms with E-state index in [1.54, 1.807) is 13.3 Å². The third-order valence-electron chi connectivity index (χ3n) is 2.54. The van der Waals surface area contributed by atoms with Gasteiger partial charge in [-0.25, -0.2) is 4.98 Å². The number of nitrogens with zero attached hydrogens (tertiary/aromatic N) is 1. The number of allylic oxidation sites excluding steroid dienone is 1. The van der Waals surface area contributed by atoms with Crippen LogP contribution < -0.4 is 10.1 Å². The zero-order chi connectivity index (χ0) is 11.8. The highest BCUT2D eigenvalue weighted by molar-refractivity contribution is 5.52. The number of aromatic nitrogens is 1. The van der Waals surface area contributed by atoms with E-state index in [4.69, 9.17) is 4.74 Å². The Hall–Kier alpha value is -1.51. The van der Waals surface area contributed by atoms with Crippen LogP contribution in [0.5, 0.6) is 5.88 Å². The topological polar surface area (TPSA) is 34.2 Å². The predicted molar refractivity (Wildman–Crippen MR) is 67.9 cm³/mol. The molecule has 0 fully saturated rings. The molecule has 0 amide bonds. The summed E-state index contributed by atoms with van der Waals surface area (Å²) in [6.07, 6.45) is 6.86. The van der Waals surface area contributed by atoms with E-state index < -0.39 is 0 Å². The first kappa shape index (κ1) is 12.6. The maximum atomic E-state index is 5.20. The highest BCUT2D eigenvalue weighted by atomic mass is 16.5. The number of nitrogens with one attached hydrogen (secondary N) is 1. The third kappa shape index (κ3) is 3.57. The van der Waals surface area contributed by atoms with E-state index >= 15 is 0 Å². The van der Waals surface area contributed by atoms with E-state index in [1.165, 1.54) is 0 Å². The first-order valence-electron chi connectivity index (χ1n) is 5.68. The lowest BCUT2D eigenvalue weighted by Crippen LogP contribution is -2.18. The van der Waals surface area contributed by atoms with Crippen LogP contribution in [0.2, 0.25) is 0 Å². The van der Waals surface area contributed by atoms with Crippen LogP contribution in [0, 0.1) is 0 Å². The van der Waals surface area contributed by atoms with Crippen molar-refractivity contribution in [2.75, 3.05) is 12.4 Å². The van der Waals surface area contributed by atoms with Gasteiger partial charge in [0.25, 0.3) is 0 Å². The molecule has 0 aromatic carbocycles. The second kappa shape index (κ2) is 6.88. The van der Waals surface area contributed by atoms with Gasteiger partial charge in [-0.1, -0.05) is 13.0 Å². The Kier molecular flexibility index (Phi) is 5.40. The molecule has 88 valence electrons. The molecule has 1 N–H and O–H groups in total. The predicted octanol–water partition coefficient (Wildman–Crippen LogP) is 3.25. The van der Waals surface area contributed by atoms with E-state index in [0.717, 1.165) is 24.9 Å². The fourth-order valence-corrected chi connectivity index (χ4v) is 1.58. The molecule has 0 aliphatic rings. The molecule has 3 nitrogen and oxygen atoms in total. The molecule has 3 heteroatoms. The largest absolute Gasteiger partial charge is 0.480 e. The van der Waals surface area contributed by atoms with Crippen LogP contribution in [0.1, 0.15) is 26.2 Å². The van der Waals surface area contributed by atoms with Crippen LogP contribution >= 0.6 is 0 Å². The fraction of sp³-hybridized carbons (Fsp3) is 0.462. The maximum Gasteiger partial charge on any atom is 0.237 e. The molecule has 1 aromatic heterocycles. The van der Waals surface area contributed by atoms with Gasteiger partial charge in [0.15, 0.2) is 0 Å². The molecule has 0 saturated heterocycles. The van der Waals surface area contributed by atoms with Crippen molar-refractivity contribution in [2.45, 2.75) is 32.2 Å². The van der Waals surface area contributed by atoms with Crippen molar-refractivity contribution in [2.24, 2.45) is 0 Å². The molecule has 1 rings (SSSR count). The highest BCUT2D eigenvalue weighted by Crippen LogP contribution is 2.22. The zero-order valence-electron chi connectivity index (χ0n) is 10.1. The summed E-state index contributed by atoms with van der Waals surface area (Å²) in [4.78, 5) is 4.16. The fourth-order valence-electron chi connectivity index (χ4n) is 1.58. The van der Waals surface area contributed by atoms with Crippen molar-refractivity contribution in [3.05, 3.63) is 31.0 Å². The molecular formula is C13H20N2O. The van der Waals surface area contributed by atoms with E-state index in [0.29, 0.717) is 11.9 Å². The second-order valence-electron chi connectivity index (χ2n) is 3.68. The number of pyridine rings is 1. The monoisotopic (exact) mass is 220 g/mol. The molecule has 0 aliphatic heterocycles. The standard InChI is InChI=1S/C13H20N2O/c1-4-6-8-11(5-2)15-12-9-7-10-14-13(12)16-3/h4,7,9-11,15H,1,5-6,8H2,2-3H3. The van der Waals surface area contributed by atoms with Crippen molar-refractivity contribution in [3.8, 4) is 5.88 Å². The Bertz CT molecular complexity index is 325. The molecule has 1 unspecified atom stereocenters. The molecular weight excluding hydrogens is 200 g/mol. The average Bonchev–Trinajstić information content (AvgIpc) is 2.34. The summed E-state index contributed by atoms with van der Waals surface area (Å²) in [5.74, 6) is 0.652. The molecule has 0 aliphatic carbocycles. The highest BCUT2D eigenvalue weighted by Gasteiger charge is 2.08. The van der Waals surface area contributed by atoms with Gasteiger partial charge in [-0.05, 0) is 31.4 Å². The smallest absolute Gasteiger partial charge is 0.237 e. The minimum atomic E-state index is 0.441. The van der Waals surface area contributed by atoms with Gasteiger partial charge in [-0.2, -0.15) is 0 Å². The second-order valence-corrected chi connectivity index (χ2v) is 3.68. The van der Waals surface area contributed by atoms with Gasteiger partial charge in [-0.3, -0.25) is 0 Å². The summed E-state index contributed by atoms with van der Waals surface area (Å²) in [6.45, 7) is 5.91. The van der Waals surface area contributed by atoms with Crippen molar-refractivity contribution >= 4 is 5.69 Å². The number of hydrogen-bond acceptors (Lipinski definition) is 3. The summed E-state index contributed by atoms with van der Waals surface area (Å²) in [5.41, 5.74) is 0.959. The minimum Gasteiger partial charge on any atom is -0.480 e. The summed E-state index contributed by atoms with van der Waals surface area (Å²) < 4.78 is 5.20. The summed E-state index contributed by atoms with van der Waals surface area (Å²) in [5, 5.41) is 3.45. The normalized spacial score (nSPS) is 11.9. The van der Waals surface area contributed by atoms with E-state index in [9.17, 15) is 0 Å². The van der Waals surface area contributed by atoms with Crippen molar-refractivity contribution in [3.63, 3.8) is 0 Å².